The van der Waals surface area contributed by atoms with E-state index >= 15 is 0 Å². The second kappa shape index (κ2) is 10.9. The van der Waals surface area contributed by atoms with Crippen LogP contribution in [0.5, 0.6) is 11.5 Å². The zero-order valence-corrected chi connectivity index (χ0v) is 18.2. The van der Waals surface area contributed by atoms with Gasteiger partial charge in [-0.1, -0.05) is 30.3 Å². The summed E-state index contributed by atoms with van der Waals surface area (Å²) in [6.45, 7) is 5.74. The fourth-order valence-corrected chi connectivity index (χ4v) is 3.80. The van der Waals surface area contributed by atoms with Gasteiger partial charge in [0.05, 0.1) is 19.1 Å². The number of nitrogens with one attached hydrogen (secondary N) is 1. The number of piperazine rings is 1. The van der Waals surface area contributed by atoms with Gasteiger partial charge in [-0.25, -0.2) is 0 Å². The van der Waals surface area contributed by atoms with Gasteiger partial charge in [0, 0.05) is 32.2 Å². The normalized spacial score (nSPS) is 16.8. The second-order valence-corrected chi connectivity index (χ2v) is 7.95. The highest BCUT2D eigenvalue weighted by molar-refractivity contribution is 5.89. The molecule has 2 amide bonds. The van der Waals surface area contributed by atoms with Crippen molar-refractivity contribution in [2.24, 2.45) is 0 Å². The molecule has 2 aromatic rings. The lowest BCUT2D eigenvalue weighted by molar-refractivity contribution is -0.140. The van der Waals surface area contributed by atoms with Crippen LogP contribution in [0.4, 0.5) is 0 Å². The average molecular weight is 426 g/mol. The Labute approximate surface area is 183 Å². The van der Waals surface area contributed by atoms with E-state index in [-0.39, 0.29) is 37.4 Å². The number of carbonyl (C=O) groups is 2. The third-order valence-electron chi connectivity index (χ3n) is 5.36. The van der Waals surface area contributed by atoms with Crippen LogP contribution in [0.3, 0.4) is 0 Å². The quantitative estimate of drug-likeness (QED) is 0.645. The van der Waals surface area contributed by atoms with Crippen LogP contribution >= 0.6 is 0 Å². The maximum atomic E-state index is 12.8. The minimum absolute atomic E-state index is 0.0356. The largest absolute Gasteiger partial charge is 0.457 e. The van der Waals surface area contributed by atoms with Gasteiger partial charge < -0.3 is 20.1 Å². The van der Waals surface area contributed by atoms with Gasteiger partial charge in [-0.15, -0.1) is 0 Å². The number of benzene rings is 2. The highest BCUT2D eigenvalue weighted by Gasteiger charge is 2.33. The number of aliphatic hydroxyl groups excluding tert-OH is 1. The van der Waals surface area contributed by atoms with Gasteiger partial charge in [0.25, 0.3) is 0 Å². The Morgan fingerprint density at radius 3 is 2.65 bits per heavy atom. The Hall–Kier alpha value is -2.90. The van der Waals surface area contributed by atoms with E-state index in [4.69, 9.17) is 4.74 Å². The lowest BCUT2D eigenvalue weighted by Crippen LogP contribution is -2.56. The second-order valence-electron chi connectivity index (χ2n) is 7.95. The van der Waals surface area contributed by atoms with Crippen molar-refractivity contribution in [3.05, 3.63) is 60.2 Å². The number of aliphatic hydroxyl groups is 1. The highest BCUT2D eigenvalue weighted by Crippen LogP contribution is 2.23. The molecule has 3 rings (SSSR count). The number of amides is 2. The predicted octanol–water partition coefficient (Wildman–Crippen LogP) is 2.40. The van der Waals surface area contributed by atoms with E-state index in [0.717, 1.165) is 17.1 Å². The Morgan fingerprint density at radius 1 is 1.19 bits per heavy atom. The Bertz CT molecular complexity index is 872. The van der Waals surface area contributed by atoms with Gasteiger partial charge in [-0.3, -0.25) is 14.5 Å². The van der Waals surface area contributed by atoms with E-state index < -0.39 is 6.04 Å². The lowest BCUT2D eigenvalue weighted by atomic mass is 10.1. The van der Waals surface area contributed by atoms with Crippen molar-refractivity contribution in [2.75, 3.05) is 26.2 Å². The zero-order valence-electron chi connectivity index (χ0n) is 18.2. The molecule has 2 aromatic carbocycles. The zero-order chi connectivity index (χ0) is 22.2. The molecule has 7 heteroatoms. The van der Waals surface area contributed by atoms with E-state index in [0.29, 0.717) is 19.6 Å². The van der Waals surface area contributed by atoms with Crippen molar-refractivity contribution in [3.8, 4) is 11.5 Å². The Kier molecular flexibility index (Phi) is 8.03. The molecule has 0 aromatic heterocycles. The van der Waals surface area contributed by atoms with E-state index in [9.17, 15) is 14.7 Å². The van der Waals surface area contributed by atoms with Crippen LogP contribution in [0.15, 0.2) is 54.6 Å². The summed E-state index contributed by atoms with van der Waals surface area (Å²) in [6, 6.07) is 16.8. The van der Waals surface area contributed by atoms with Crippen molar-refractivity contribution in [1.29, 1.82) is 0 Å². The molecule has 1 fully saturated rings. The summed E-state index contributed by atoms with van der Waals surface area (Å²) in [5.41, 5.74) is 1.01. The van der Waals surface area contributed by atoms with E-state index in [1.807, 2.05) is 73.3 Å². The van der Waals surface area contributed by atoms with Crippen LogP contribution in [-0.2, 0) is 16.1 Å². The van der Waals surface area contributed by atoms with Crippen molar-refractivity contribution >= 4 is 11.8 Å². The molecule has 0 spiro atoms. The average Bonchev–Trinajstić information content (AvgIpc) is 2.75. The number of hydrogen-bond donors (Lipinski definition) is 2. The Morgan fingerprint density at radius 2 is 1.94 bits per heavy atom. The van der Waals surface area contributed by atoms with Crippen LogP contribution in [0.1, 0.15) is 25.8 Å². The maximum Gasteiger partial charge on any atom is 0.237 e. The maximum absolute atomic E-state index is 12.8. The topological polar surface area (TPSA) is 82.1 Å². The summed E-state index contributed by atoms with van der Waals surface area (Å²) >= 11 is 0. The first-order valence-corrected chi connectivity index (χ1v) is 10.7. The van der Waals surface area contributed by atoms with Gasteiger partial charge in [-0.05, 0) is 43.7 Å². The number of hydrogen-bond acceptors (Lipinski definition) is 5. The van der Waals surface area contributed by atoms with E-state index in [1.165, 1.54) is 0 Å². The molecule has 1 heterocycles. The number of ether oxygens (including phenoxy) is 1. The van der Waals surface area contributed by atoms with Gasteiger partial charge in [-0.2, -0.15) is 0 Å². The van der Waals surface area contributed by atoms with E-state index in [1.54, 1.807) is 4.90 Å². The minimum atomic E-state index is -0.542. The standard InChI is InChI=1S/C24H31N3O4/c1-18(2)27(13-14-28)23(29)16-22-24(30)25-11-12-26(22)17-19-7-6-10-21(15-19)31-20-8-4-3-5-9-20/h3-10,15,18,22,28H,11-14,16-17H2,1-2H3,(H,25,30). The summed E-state index contributed by atoms with van der Waals surface area (Å²) in [6.07, 6.45) is 0.0875. The minimum Gasteiger partial charge on any atom is -0.457 e. The summed E-state index contributed by atoms with van der Waals surface area (Å²) in [7, 11) is 0. The molecule has 7 nitrogen and oxygen atoms in total. The lowest BCUT2D eigenvalue weighted by Gasteiger charge is -2.36. The molecule has 0 aliphatic carbocycles. The summed E-state index contributed by atoms with van der Waals surface area (Å²) in [5, 5.41) is 12.1. The van der Waals surface area contributed by atoms with Crippen LogP contribution in [-0.4, -0.2) is 65.0 Å². The number of nitrogens with zero attached hydrogens (tertiary/aromatic N) is 2. The number of carbonyl (C=O) groups excluding carboxylic acids is 2. The molecular formula is C24H31N3O4. The van der Waals surface area contributed by atoms with Crippen molar-refractivity contribution < 1.29 is 19.4 Å². The van der Waals surface area contributed by atoms with Crippen molar-refractivity contribution in [2.45, 2.75) is 38.9 Å². The fourth-order valence-electron chi connectivity index (χ4n) is 3.80. The molecular weight excluding hydrogens is 394 g/mol. The molecule has 2 N–H and O–H groups in total. The first kappa shape index (κ1) is 22.8. The molecule has 1 unspecified atom stereocenters. The smallest absolute Gasteiger partial charge is 0.237 e. The first-order chi connectivity index (χ1) is 15.0. The van der Waals surface area contributed by atoms with Gasteiger partial charge in [0.2, 0.25) is 11.8 Å². The first-order valence-electron chi connectivity index (χ1n) is 10.7. The molecule has 1 saturated heterocycles. The third-order valence-corrected chi connectivity index (χ3v) is 5.36. The van der Waals surface area contributed by atoms with E-state index in [2.05, 4.69) is 5.32 Å². The van der Waals surface area contributed by atoms with Gasteiger partial charge >= 0.3 is 0 Å². The summed E-state index contributed by atoms with van der Waals surface area (Å²) < 4.78 is 5.92. The van der Waals surface area contributed by atoms with Crippen LogP contribution in [0, 0.1) is 0 Å². The summed E-state index contributed by atoms with van der Waals surface area (Å²) in [5.74, 6) is 1.23. The van der Waals surface area contributed by atoms with Gasteiger partial charge in [0.15, 0.2) is 0 Å². The SMILES string of the molecule is CC(C)N(CCO)C(=O)CC1C(=O)NCCN1Cc1cccc(Oc2ccccc2)c1. The van der Waals surface area contributed by atoms with Crippen LogP contribution in [0.25, 0.3) is 0 Å². The Balaban J connectivity index is 1.70. The molecule has 31 heavy (non-hydrogen) atoms. The molecule has 1 atom stereocenters. The third kappa shape index (κ3) is 6.29. The van der Waals surface area contributed by atoms with Gasteiger partial charge in [0.1, 0.15) is 11.5 Å². The molecule has 0 saturated carbocycles. The molecule has 166 valence electrons. The van der Waals surface area contributed by atoms with Crippen molar-refractivity contribution in [3.63, 3.8) is 0 Å². The molecule has 0 radical (unpaired) electrons. The summed E-state index contributed by atoms with van der Waals surface area (Å²) in [4.78, 5) is 29.1. The monoisotopic (exact) mass is 425 g/mol. The predicted molar refractivity (Wildman–Crippen MR) is 119 cm³/mol. The number of para-hydroxylation sites is 1. The van der Waals surface area contributed by atoms with Crippen molar-refractivity contribution in [1.82, 2.24) is 15.1 Å². The van der Waals surface area contributed by atoms with Crippen LogP contribution in [0.2, 0.25) is 0 Å². The highest BCUT2D eigenvalue weighted by atomic mass is 16.5. The fraction of sp³-hybridized carbons (Fsp3) is 0.417. The number of rotatable bonds is 9. The van der Waals surface area contributed by atoms with Crippen LogP contribution < -0.4 is 10.1 Å². The molecule has 0 bridgehead atoms. The molecule has 1 aliphatic rings. The molecule has 1 aliphatic heterocycles.